The van der Waals surface area contributed by atoms with Gasteiger partial charge in [0.1, 0.15) is 0 Å². The molecule has 2 aromatic heterocycles. The average Bonchev–Trinajstić information content (AvgIpc) is 3.02. The van der Waals surface area contributed by atoms with Crippen LogP contribution in [0, 0.1) is 0 Å². The van der Waals surface area contributed by atoms with Gasteiger partial charge in [0.15, 0.2) is 5.01 Å². The second-order valence-electron chi connectivity index (χ2n) is 5.31. The summed E-state index contributed by atoms with van der Waals surface area (Å²) in [7, 11) is 1.63. The lowest BCUT2D eigenvalue weighted by molar-refractivity contribution is 0.0679. The van der Waals surface area contributed by atoms with Crippen molar-refractivity contribution in [2.75, 3.05) is 20.3 Å². The molecule has 0 aromatic carbocycles. The first kappa shape index (κ1) is 16.6. The van der Waals surface area contributed by atoms with Gasteiger partial charge in [0, 0.05) is 38.0 Å². The number of carbonyl (C=O) groups excluding carboxylic acids is 1. The van der Waals surface area contributed by atoms with Crippen LogP contribution in [0.3, 0.4) is 0 Å². The maximum atomic E-state index is 12.7. The van der Waals surface area contributed by atoms with Crippen LogP contribution in [0.4, 0.5) is 0 Å². The predicted octanol–water partition coefficient (Wildman–Crippen LogP) is 2.95. The molecule has 6 heteroatoms. The number of hydrogen-bond donors (Lipinski definition) is 0. The van der Waals surface area contributed by atoms with Crippen LogP contribution in [0.15, 0.2) is 29.9 Å². The van der Waals surface area contributed by atoms with E-state index < -0.39 is 0 Å². The van der Waals surface area contributed by atoms with Gasteiger partial charge in [0.2, 0.25) is 0 Å². The van der Waals surface area contributed by atoms with Gasteiger partial charge in [-0.15, -0.1) is 11.3 Å². The normalized spacial score (nSPS) is 10.9. The van der Waals surface area contributed by atoms with Crippen molar-refractivity contribution in [2.24, 2.45) is 0 Å². The molecule has 22 heavy (non-hydrogen) atoms. The van der Waals surface area contributed by atoms with Crippen LogP contribution in [-0.2, 0) is 11.3 Å². The first-order chi connectivity index (χ1) is 10.6. The van der Waals surface area contributed by atoms with Gasteiger partial charge in [0.25, 0.3) is 5.91 Å². The predicted molar refractivity (Wildman–Crippen MR) is 87.1 cm³/mol. The zero-order valence-electron chi connectivity index (χ0n) is 13.2. The highest BCUT2D eigenvalue weighted by Crippen LogP contribution is 2.19. The molecule has 2 heterocycles. The molecule has 0 spiro atoms. The lowest BCUT2D eigenvalue weighted by Crippen LogP contribution is -2.33. The van der Waals surface area contributed by atoms with Crippen molar-refractivity contribution in [3.63, 3.8) is 0 Å². The number of carbonyl (C=O) groups is 1. The molecule has 0 aliphatic heterocycles. The molecular formula is C16H21N3O2S. The molecule has 0 atom stereocenters. The van der Waals surface area contributed by atoms with Gasteiger partial charge >= 0.3 is 0 Å². The minimum atomic E-state index is -0.0576. The van der Waals surface area contributed by atoms with Crippen LogP contribution < -0.4 is 0 Å². The maximum absolute atomic E-state index is 12.7. The van der Waals surface area contributed by atoms with Crippen LogP contribution >= 0.6 is 11.3 Å². The minimum absolute atomic E-state index is 0.0576. The van der Waals surface area contributed by atoms with Crippen LogP contribution in [-0.4, -0.2) is 41.0 Å². The third-order valence-electron chi connectivity index (χ3n) is 3.25. The molecule has 0 N–H and O–H groups in total. The Morgan fingerprint density at radius 2 is 2.27 bits per heavy atom. The lowest BCUT2D eigenvalue weighted by Gasteiger charge is -2.21. The fraction of sp³-hybridized carbons (Fsp3) is 0.438. The van der Waals surface area contributed by atoms with Gasteiger partial charge in [-0.05, 0) is 17.5 Å². The molecule has 2 aromatic rings. The Labute approximate surface area is 135 Å². The van der Waals surface area contributed by atoms with Crippen molar-refractivity contribution in [1.29, 1.82) is 0 Å². The number of amides is 1. The van der Waals surface area contributed by atoms with Crippen molar-refractivity contribution in [3.05, 3.63) is 46.2 Å². The molecule has 0 unspecified atom stereocenters. The number of thiazole rings is 1. The van der Waals surface area contributed by atoms with E-state index >= 15 is 0 Å². The molecule has 0 bridgehead atoms. The van der Waals surface area contributed by atoms with E-state index in [4.69, 9.17) is 4.74 Å². The molecule has 0 saturated carbocycles. The number of ether oxygens (including phenoxy) is 1. The van der Waals surface area contributed by atoms with Crippen LogP contribution in [0.25, 0.3) is 0 Å². The summed E-state index contributed by atoms with van der Waals surface area (Å²) in [6.45, 7) is 5.67. The molecule has 1 amide bonds. The summed E-state index contributed by atoms with van der Waals surface area (Å²) >= 11 is 1.40. The average molecular weight is 319 g/mol. The zero-order valence-corrected chi connectivity index (χ0v) is 14.0. The molecule has 0 saturated heterocycles. The van der Waals surface area contributed by atoms with Crippen LogP contribution in [0.2, 0.25) is 0 Å². The molecule has 5 nitrogen and oxygen atoms in total. The summed E-state index contributed by atoms with van der Waals surface area (Å²) in [6.07, 6.45) is 3.50. The number of nitrogens with zero attached hydrogens (tertiary/aromatic N) is 3. The standard InChI is InChI=1S/C16H21N3O2S/c1-12(2)14-11-22-15(18-14)16(20)19(7-8-21-3)10-13-5-4-6-17-9-13/h4-6,9,11-12H,7-8,10H2,1-3H3. The molecule has 0 aliphatic rings. The monoisotopic (exact) mass is 319 g/mol. The summed E-state index contributed by atoms with van der Waals surface area (Å²) in [6, 6.07) is 3.83. The Balaban J connectivity index is 2.14. The Morgan fingerprint density at radius 1 is 1.45 bits per heavy atom. The highest BCUT2D eigenvalue weighted by atomic mass is 32.1. The van der Waals surface area contributed by atoms with Crippen molar-refractivity contribution in [1.82, 2.24) is 14.9 Å². The van der Waals surface area contributed by atoms with Gasteiger partial charge in [0.05, 0.1) is 12.3 Å². The second-order valence-corrected chi connectivity index (χ2v) is 6.17. The Morgan fingerprint density at radius 3 is 2.86 bits per heavy atom. The van der Waals surface area contributed by atoms with Crippen molar-refractivity contribution < 1.29 is 9.53 Å². The molecule has 118 valence electrons. The summed E-state index contributed by atoms with van der Waals surface area (Å²) in [5.41, 5.74) is 1.95. The largest absolute Gasteiger partial charge is 0.383 e. The Kier molecular flexibility index (Phi) is 6.03. The third kappa shape index (κ3) is 4.35. The number of rotatable bonds is 7. The van der Waals surface area contributed by atoms with Gasteiger partial charge in [-0.1, -0.05) is 19.9 Å². The van der Waals surface area contributed by atoms with E-state index in [1.54, 1.807) is 24.4 Å². The SMILES string of the molecule is COCCN(Cc1cccnc1)C(=O)c1nc(C(C)C)cs1. The number of hydrogen-bond acceptors (Lipinski definition) is 5. The first-order valence-corrected chi connectivity index (χ1v) is 8.12. The Hall–Kier alpha value is -1.79. The van der Waals surface area contributed by atoms with Crippen molar-refractivity contribution in [3.8, 4) is 0 Å². The molecule has 0 aliphatic carbocycles. The summed E-state index contributed by atoms with van der Waals surface area (Å²) in [5.74, 6) is 0.265. The van der Waals surface area contributed by atoms with Crippen molar-refractivity contribution in [2.45, 2.75) is 26.3 Å². The van der Waals surface area contributed by atoms with Gasteiger partial charge in [-0.25, -0.2) is 4.98 Å². The molecular weight excluding hydrogens is 298 g/mol. The lowest BCUT2D eigenvalue weighted by atomic mass is 10.2. The van der Waals surface area contributed by atoms with Gasteiger partial charge in [-0.2, -0.15) is 0 Å². The highest BCUT2D eigenvalue weighted by Gasteiger charge is 2.20. The second kappa shape index (κ2) is 8.00. The highest BCUT2D eigenvalue weighted by molar-refractivity contribution is 7.11. The smallest absolute Gasteiger partial charge is 0.283 e. The van der Waals surface area contributed by atoms with Gasteiger partial charge in [-0.3, -0.25) is 9.78 Å². The minimum Gasteiger partial charge on any atom is -0.383 e. The van der Waals surface area contributed by atoms with E-state index in [0.29, 0.717) is 30.6 Å². The van der Waals surface area contributed by atoms with E-state index in [1.165, 1.54) is 11.3 Å². The van der Waals surface area contributed by atoms with Gasteiger partial charge < -0.3 is 9.64 Å². The van der Waals surface area contributed by atoms with Crippen LogP contribution in [0.5, 0.6) is 0 Å². The molecule has 0 radical (unpaired) electrons. The van der Waals surface area contributed by atoms with E-state index in [2.05, 4.69) is 23.8 Å². The fourth-order valence-electron chi connectivity index (χ4n) is 1.95. The Bertz CT molecular complexity index is 598. The van der Waals surface area contributed by atoms with E-state index in [-0.39, 0.29) is 5.91 Å². The van der Waals surface area contributed by atoms with E-state index in [9.17, 15) is 4.79 Å². The number of methoxy groups -OCH3 is 1. The van der Waals surface area contributed by atoms with Crippen LogP contribution in [0.1, 0.15) is 40.8 Å². The molecule has 2 rings (SSSR count). The topological polar surface area (TPSA) is 55.3 Å². The molecule has 0 fully saturated rings. The first-order valence-electron chi connectivity index (χ1n) is 7.24. The summed E-state index contributed by atoms with van der Waals surface area (Å²) in [4.78, 5) is 23.0. The quantitative estimate of drug-likeness (QED) is 0.787. The fourth-order valence-corrected chi connectivity index (χ4v) is 2.90. The number of aromatic nitrogens is 2. The summed E-state index contributed by atoms with van der Waals surface area (Å²) < 4.78 is 5.11. The third-order valence-corrected chi connectivity index (χ3v) is 4.09. The zero-order chi connectivity index (χ0) is 15.9. The van der Waals surface area contributed by atoms with E-state index in [0.717, 1.165) is 11.3 Å². The van der Waals surface area contributed by atoms with Crippen molar-refractivity contribution >= 4 is 17.2 Å². The van der Waals surface area contributed by atoms with E-state index in [1.807, 2.05) is 17.5 Å². The number of pyridine rings is 1. The summed E-state index contributed by atoms with van der Waals surface area (Å²) in [5, 5.41) is 2.49. The maximum Gasteiger partial charge on any atom is 0.283 e.